The summed E-state index contributed by atoms with van der Waals surface area (Å²) >= 11 is 0. The number of nitrogens with zero attached hydrogens (tertiary/aromatic N) is 3. The lowest BCUT2D eigenvalue weighted by Gasteiger charge is -2.62. The first-order valence-corrected chi connectivity index (χ1v) is 12.6. The van der Waals surface area contributed by atoms with Crippen LogP contribution in [0.15, 0.2) is 41.8 Å². The predicted molar refractivity (Wildman–Crippen MR) is 125 cm³/mol. The Hall–Kier alpha value is -3.28. The van der Waals surface area contributed by atoms with E-state index in [9.17, 15) is 18.0 Å². The SMILES string of the molecule is N/C(=N\O)c1cccc(C(F)(NC(=O)C23CC(C2)C3)C23CCC(c4cnc(C(F)(F)F)nc4)(CC2)OC3)c1. The highest BCUT2D eigenvalue weighted by atomic mass is 19.4. The van der Waals surface area contributed by atoms with Crippen LogP contribution in [0.3, 0.4) is 0 Å². The van der Waals surface area contributed by atoms with Gasteiger partial charge in [0.25, 0.3) is 0 Å². The molecule has 2 saturated heterocycles. The average molecular weight is 534 g/mol. The number of benzene rings is 1. The maximum Gasteiger partial charge on any atom is 0.451 e. The fourth-order valence-electron chi connectivity index (χ4n) is 6.73. The summed E-state index contributed by atoms with van der Waals surface area (Å²) in [7, 11) is 0. The van der Waals surface area contributed by atoms with Crippen molar-refractivity contribution >= 4 is 11.7 Å². The van der Waals surface area contributed by atoms with Gasteiger partial charge in [-0.2, -0.15) is 13.2 Å². The van der Waals surface area contributed by atoms with Crippen LogP contribution in [0.5, 0.6) is 0 Å². The molecule has 2 aromatic rings. The zero-order valence-corrected chi connectivity index (χ0v) is 20.4. The van der Waals surface area contributed by atoms with E-state index in [1.165, 1.54) is 6.07 Å². The number of aromatic nitrogens is 2. The van der Waals surface area contributed by atoms with E-state index in [0.717, 1.165) is 31.7 Å². The van der Waals surface area contributed by atoms with Gasteiger partial charge in [-0.05, 0) is 56.9 Å². The molecule has 4 saturated carbocycles. The summed E-state index contributed by atoms with van der Waals surface area (Å²) in [5, 5.41) is 14.9. The fourth-order valence-corrected chi connectivity index (χ4v) is 6.73. The van der Waals surface area contributed by atoms with Crippen molar-refractivity contribution < 1.29 is 32.3 Å². The van der Waals surface area contributed by atoms with Crippen molar-refractivity contribution in [3.05, 3.63) is 59.2 Å². The molecule has 3 heterocycles. The van der Waals surface area contributed by atoms with Gasteiger partial charge in [0, 0.05) is 29.1 Å². The summed E-state index contributed by atoms with van der Waals surface area (Å²) in [4.78, 5) is 20.3. The van der Waals surface area contributed by atoms with Crippen LogP contribution in [0, 0.1) is 16.7 Å². The van der Waals surface area contributed by atoms with Gasteiger partial charge in [-0.15, -0.1) is 0 Å². The molecule has 1 aromatic carbocycles. The van der Waals surface area contributed by atoms with E-state index in [-0.39, 0.29) is 23.9 Å². The molecule has 12 heteroatoms. The Balaban J connectivity index is 1.32. The lowest BCUT2D eigenvalue weighted by atomic mass is 9.44. The average Bonchev–Trinajstić information content (AvgIpc) is 2.87. The fraction of sp³-hybridized carbons (Fsp3) is 0.538. The Morgan fingerprint density at radius 1 is 1.11 bits per heavy atom. The van der Waals surface area contributed by atoms with Gasteiger partial charge in [0.2, 0.25) is 17.5 Å². The number of hydrogen-bond acceptors (Lipinski definition) is 6. The van der Waals surface area contributed by atoms with Crippen molar-refractivity contribution in [1.82, 2.24) is 15.3 Å². The molecular formula is C26H27F4N5O3. The van der Waals surface area contributed by atoms with Gasteiger partial charge in [-0.3, -0.25) is 4.79 Å². The minimum Gasteiger partial charge on any atom is -0.409 e. The molecule has 4 N–H and O–H groups in total. The van der Waals surface area contributed by atoms with Crippen molar-refractivity contribution in [3.63, 3.8) is 0 Å². The maximum absolute atomic E-state index is 17.6. The zero-order chi connectivity index (χ0) is 27.0. The Bertz CT molecular complexity index is 1270. The molecule has 8 nitrogen and oxygen atoms in total. The number of amides is 1. The van der Waals surface area contributed by atoms with Crippen LogP contribution < -0.4 is 11.1 Å². The van der Waals surface area contributed by atoms with Crippen LogP contribution in [0.1, 0.15) is 67.5 Å². The number of hydrogen-bond donors (Lipinski definition) is 3. The normalized spacial score (nSPS) is 33.6. The number of carbonyl (C=O) groups is 1. The Morgan fingerprint density at radius 2 is 1.76 bits per heavy atom. The van der Waals surface area contributed by atoms with Gasteiger partial charge in [0.1, 0.15) is 0 Å². The monoisotopic (exact) mass is 533 g/mol. The molecule has 1 unspecified atom stereocenters. The summed E-state index contributed by atoms with van der Waals surface area (Å²) in [6.07, 6.45) is 1.08. The number of oxime groups is 1. The number of ether oxygens (including phenoxy) is 1. The molecule has 2 aliphatic heterocycles. The predicted octanol–water partition coefficient (Wildman–Crippen LogP) is 4.11. The number of nitrogens with one attached hydrogen (secondary N) is 1. The van der Waals surface area contributed by atoms with Crippen LogP contribution in [0.4, 0.5) is 17.6 Å². The maximum atomic E-state index is 17.6. The highest BCUT2D eigenvalue weighted by molar-refractivity contribution is 5.97. The smallest absolute Gasteiger partial charge is 0.409 e. The summed E-state index contributed by atoms with van der Waals surface area (Å²) in [5.41, 5.74) is 4.04. The van der Waals surface area contributed by atoms with Crippen molar-refractivity contribution in [2.75, 3.05) is 6.61 Å². The third-order valence-corrected chi connectivity index (χ3v) is 9.27. The first-order valence-electron chi connectivity index (χ1n) is 12.6. The summed E-state index contributed by atoms with van der Waals surface area (Å²) in [5.74, 6) is -3.56. The standard InChI is InChI=1S/C26H27F4N5O3/c27-25(34-21(36)22-9-15(10-22)11-22,17-3-1-2-16(8-17)19(31)35-37)23-4-6-24(7-5-23,38-14-23)18-12-32-20(33-13-18)26(28,29)30/h1-3,8,12-13,15,37H,4-7,9-11,14H2,(H2,31,35)(H,34,36). The molecule has 38 heavy (non-hydrogen) atoms. The number of fused-ring (bicyclic) bond motifs is 3. The van der Waals surface area contributed by atoms with E-state index in [1.807, 2.05) is 0 Å². The lowest BCUT2D eigenvalue weighted by molar-refractivity contribution is -0.244. The second-order valence-electron chi connectivity index (χ2n) is 11.3. The zero-order valence-electron chi connectivity index (χ0n) is 20.4. The molecule has 1 amide bonds. The van der Waals surface area contributed by atoms with Gasteiger partial charge < -0.3 is 21.0 Å². The molecule has 4 aliphatic carbocycles. The van der Waals surface area contributed by atoms with Crippen LogP contribution >= 0.6 is 0 Å². The molecule has 0 radical (unpaired) electrons. The van der Waals surface area contributed by atoms with Crippen LogP contribution in [-0.2, 0) is 27.1 Å². The van der Waals surface area contributed by atoms with Crippen molar-refractivity contribution in [1.29, 1.82) is 0 Å². The van der Waals surface area contributed by atoms with Crippen LogP contribution in [0.25, 0.3) is 0 Å². The van der Waals surface area contributed by atoms with E-state index in [2.05, 4.69) is 20.4 Å². The summed E-state index contributed by atoms with van der Waals surface area (Å²) in [6, 6.07) is 6.18. The second kappa shape index (κ2) is 8.11. The van der Waals surface area contributed by atoms with Crippen molar-refractivity contribution in [3.8, 4) is 0 Å². The molecule has 6 fully saturated rings. The highest BCUT2D eigenvalue weighted by Gasteiger charge is 2.66. The van der Waals surface area contributed by atoms with Crippen molar-refractivity contribution in [2.45, 2.75) is 62.5 Å². The van der Waals surface area contributed by atoms with E-state index in [0.29, 0.717) is 42.7 Å². The van der Waals surface area contributed by atoms with Gasteiger partial charge in [-0.25, -0.2) is 14.4 Å². The van der Waals surface area contributed by atoms with Gasteiger partial charge in [0.15, 0.2) is 5.84 Å². The Morgan fingerprint density at radius 3 is 2.26 bits per heavy atom. The summed E-state index contributed by atoms with van der Waals surface area (Å²) in [6.45, 7) is -0.0752. The number of alkyl halides is 4. The minimum absolute atomic E-state index is 0.0752. The first kappa shape index (κ1) is 25.0. The molecule has 0 spiro atoms. The van der Waals surface area contributed by atoms with E-state index in [1.54, 1.807) is 18.2 Å². The number of rotatable bonds is 6. The Kier molecular flexibility index (Phi) is 5.34. The molecule has 1 aromatic heterocycles. The lowest BCUT2D eigenvalue weighted by Crippen LogP contribution is -2.68. The molecule has 1 atom stereocenters. The van der Waals surface area contributed by atoms with Crippen molar-refractivity contribution in [2.24, 2.45) is 27.6 Å². The van der Waals surface area contributed by atoms with E-state index in [4.69, 9.17) is 15.7 Å². The quantitative estimate of drug-likeness (QED) is 0.128. The number of amidine groups is 1. The van der Waals surface area contributed by atoms with Crippen LogP contribution in [-0.4, -0.2) is 33.5 Å². The molecule has 8 rings (SSSR count). The second-order valence-corrected chi connectivity index (χ2v) is 11.3. The molecule has 4 bridgehead atoms. The van der Waals surface area contributed by atoms with E-state index < -0.39 is 34.2 Å². The van der Waals surface area contributed by atoms with Gasteiger partial charge in [-0.1, -0.05) is 23.4 Å². The topological polar surface area (TPSA) is 123 Å². The summed E-state index contributed by atoms with van der Waals surface area (Å²) < 4.78 is 62.7. The molecule has 202 valence electrons. The van der Waals surface area contributed by atoms with Gasteiger partial charge in [0.05, 0.1) is 23.0 Å². The van der Waals surface area contributed by atoms with Crippen LogP contribution in [0.2, 0.25) is 0 Å². The highest BCUT2D eigenvalue weighted by Crippen LogP contribution is 2.66. The van der Waals surface area contributed by atoms with E-state index >= 15 is 4.39 Å². The number of carbonyl (C=O) groups excluding carboxylic acids is 1. The minimum atomic E-state index is -4.66. The number of nitrogens with two attached hydrogens (primary N) is 1. The Labute approximate surface area is 215 Å². The largest absolute Gasteiger partial charge is 0.451 e. The third kappa shape index (κ3) is 3.52. The molecular weight excluding hydrogens is 506 g/mol. The number of halogens is 4. The third-order valence-electron chi connectivity index (χ3n) is 9.27. The van der Waals surface area contributed by atoms with Gasteiger partial charge >= 0.3 is 6.18 Å². The first-order chi connectivity index (χ1) is 17.9. The molecule has 6 aliphatic rings.